The zero-order chi connectivity index (χ0) is 8.24. The number of unbranched alkanes of at least 4 members (excludes halogenated alkanes) is 4. The second-order valence-corrected chi connectivity index (χ2v) is 2.41. The van der Waals surface area contributed by atoms with E-state index in [4.69, 9.17) is 0 Å². The maximum Gasteiger partial charge on any atom is 2.00 e. The molecule has 0 fully saturated rings. The van der Waals surface area contributed by atoms with Crippen LogP contribution in [0.5, 0.6) is 0 Å². The predicted molar refractivity (Wildman–Crippen MR) is 63.5 cm³/mol. The first-order valence-electron chi connectivity index (χ1n) is 4.41. The number of rotatable bonds is 4. The molecule has 0 N–H and O–H groups in total. The minimum absolute atomic E-state index is 0. The third-order valence-corrected chi connectivity index (χ3v) is 1.21. The molecule has 0 saturated heterocycles. The molecule has 0 bridgehead atoms. The van der Waals surface area contributed by atoms with Crippen molar-refractivity contribution >= 4 is 46.1 Å². The number of hydrogen-bond acceptors (Lipinski definition) is 0. The van der Waals surface area contributed by atoms with E-state index in [0.29, 0.717) is 0 Å². The molecule has 0 nitrogen and oxygen atoms in total. The molecule has 0 saturated carbocycles. The van der Waals surface area contributed by atoms with Crippen LogP contribution >= 0.6 is 0 Å². The van der Waals surface area contributed by atoms with E-state index in [1.807, 2.05) is 0 Å². The Bertz CT molecular complexity index is 37.1. The van der Waals surface area contributed by atoms with Gasteiger partial charge in [0.25, 0.3) is 0 Å². The first kappa shape index (κ1) is 23.4. The minimum atomic E-state index is 0. The van der Waals surface area contributed by atoms with E-state index in [1.54, 1.807) is 0 Å². The zero-order valence-corrected chi connectivity index (χ0v) is 11.9. The van der Waals surface area contributed by atoms with Gasteiger partial charge >= 0.3 is 46.1 Å². The average Bonchev–Trinajstić information content (AvgIpc) is 1.93. The second kappa shape index (κ2) is 29.4. The summed E-state index contributed by atoms with van der Waals surface area (Å²) in [5.41, 5.74) is 0. The summed E-state index contributed by atoms with van der Waals surface area (Å²) in [7, 11) is 0. The SMILES string of the molecule is [CH2-]CCCC.[CH2-]CCCC.[H-].[H-].[Mg+2].[Mg+2]. The van der Waals surface area contributed by atoms with Gasteiger partial charge in [0.1, 0.15) is 0 Å². The average molecular weight is 193 g/mol. The van der Waals surface area contributed by atoms with Crippen LogP contribution < -0.4 is 0 Å². The van der Waals surface area contributed by atoms with Gasteiger partial charge < -0.3 is 16.7 Å². The standard InChI is InChI=1S/2C5H11.2Mg.2H/c2*1-3-5-4-2;;;;/h2*1,3-5H2,2H3;;;;/q2*-1;2*+2;2*-1. The summed E-state index contributed by atoms with van der Waals surface area (Å²) in [6.45, 7) is 11.7. The van der Waals surface area contributed by atoms with Gasteiger partial charge in [-0.3, -0.25) is 0 Å². The van der Waals surface area contributed by atoms with E-state index in [0.717, 1.165) is 12.8 Å². The van der Waals surface area contributed by atoms with Crippen molar-refractivity contribution in [1.82, 2.24) is 0 Å². The third kappa shape index (κ3) is 41.8. The van der Waals surface area contributed by atoms with Gasteiger partial charge in [-0.25, -0.2) is 0 Å². The molecule has 0 heterocycles. The van der Waals surface area contributed by atoms with Crippen LogP contribution in [0.1, 0.15) is 55.2 Å². The monoisotopic (exact) mass is 192 g/mol. The normalized spacial score (nSPS) is 7.00. The van der Waals surface area contributed by atoms with Crippen LogP contribution in [0.15, 0.2) is 0 Å². The van der Waals surface area contributed by atoms with E-state index < -0.39 is 0 Å². The molecule has 0 aliphatic rings. The van der Waals surface area contributed by atoms with Crippen molar-refractivity contribution in [3.05, 3.63) is 13.8 Å². The molecule has 68 valence electrons. The van der Waals surface area contributed by atoms with Crippen molar-refractivity contribution in [2.24, 2.45) is 0 Å². The molecular weight excluding hydrogens is 169 g/mol. The van der Waals surface area contributed by atoms with Crippen molar-refractivity contribution in [2.45, 2.75) is 52.4 Å². The summed E-state index contributed by atoms with van der Waals surface area (Å²) < 4.78 is 0. The van der Waals surface area contributed by atoms with Crippen LogP contribution in [-0.4, -0.2) is 46.1 Å². The Hall–Kier alpha value is 1.53. The Kier molecular flexibility index (Phi) is 57.3. The van der Waals surface area contributed by atoms with Gasteiger partial charge in [0.05, 0.1) is 0 Å². The molecule has 0 aliphatic heterocycles. The molecule has 0 unspecified atom stereocenters. The van der Waals surface area contributed by atoms with Crippen molar-refractivity contribution in [3.8, 4) is 0 Å². The smallest absolute Gasteiger partial charge is 1.00 e. The summed E-state index contributed by atoms with van der Waals surface area (Å²) in [4.78, 5) is 0. The van der Waals surface area contributed by atoms with E-state index in [9.17, 15) is 0 Å². The van der Waals surface area contributed by atoms with Crippen molar-refractivity contribution < 1.29 is 2.85 Å². The molecule has 0 aromatic carbocycles. The quantitative estimate of drug-likeness (QED) is 0.473. The molecule has 0 atom stereocenters. The molecule has 12 heavy (non-hydrogen) atoms. The Morgan fingerprint density at radius 1 is 0.833 bits per heavy atom. The van der Waals surface area contributed by atoms with Gasteiger partial charge in [-0.05, 0) is 0 Å². The zero-order valence-electron chi connectivity index (χ0n) is 11.1. The number of hydrogen-bond donors (Lipinski definition) is 0. The predicted octanol–water partition coefficient (Wildman–Crippen LogP) is 3.48. The minimum Gasteiger partial charge on any atom is -1.00 e. The third-order valence-electron chi connectivity index (χ3n) is 1.21. The fourth-order valence-electron chi connectivity index (χ4n) is 0.500. The molecular formula is C10H24Mg2. The largest absolute Gasteiger partial charge is 2.00 e. The summed E-state index contributed by atoms with van der Waals surface area (Å²) >= 11 is 0. The van der Waals surface area contributed by atoms with Crippen molar-refractivity contribution in [3.63, 3.8) is 0 Å². The molecule has 0 aromatic heterocycles. The molecule has 0 spiro atoms. The van der Waals surface area contributed by atoms with Gasteiger partial charge in [0, 0.05) is 0 Å². The van der Waals surface area contributed by atoms with E-state index in [-0.39, 0.29) is 49.0 Å². The Morgan fingerprint density at radius 2 is 1.08 bits per heavy atom. The molecule has 2 heteroatoms. The van der Waals surface area contributed by atoms with Gasteiger partial charge in [0.2, 0.25) is 0 Å². The van der Waals surface area contributed by atoms with Crippen molar-refractivity contribution in [2.75, 3.05) is 0 Å². The Balaban J connectivity index is -0.0000000178. The summed E-state index contributed by atoms with van der Waals surface area (Å²) in [6.07, 6.45) is 7.31. The van der Waals surface area contributed by atoms with Crippen LogP contribution in [0, 0.1) is 13.8 Å². The van der Waals surface area contributed by atoms with Gasteiger partial charge in [-0.2, -0.15) is 12.8 Å². The fraction of sp³-hybridized carbons (Fsp3) is 0.800. The van der Waals surface area contributed by atoms with Crippen LogP contribution in [0.4, 0.5) is 0 Å². The van der Waals surface area contributed by atoms with Gasteiger partial charge in [-0.1, -0.05) is 39.5 Å². The van der Waals surface area contributed by atoms with Gasteiger partial charge in [-0.15, -0.1) is 0 Å². The topological polar surface area (TPSA) is 0 Å². The molecule has 0 radical (unpaired) electrons. The van der Waals surface area contributed by atoms with Crippen LogP contribution in [0.3, 0.4) is 0 Å². The molecule has 0 amide bonds. The maximum absolute atomic E-state index is 3.68. The van der Waals surface area contributed by atoms with Crippen LogP contribution in [-0.2, 0) is 0 Å². The fourth-order valence-corrected chi connectivity index (χ4v) is 0.500. The molecule has 0 aromatic rings. The van der Waals surface area contributed by atoms with E-state index in [1.165, 1.54) is 25.7 Å². The Morgan fingerprint density at radius 3 is 1.08 bits per heavy atom. The first-order valence-corrected chi connectivity index (χ1v) is 4.41. The Labute approximate surface area is 115 Å². The molecule has 0 rings (SSSR count). The van der Waals surface area contributed by atoms with Crippen LogP contribution in [0.25, 0.3) is 0 Å². The maximum atomic E-state index is 3.68. The summed E-state index contributed by atoms with van der Waals surface area (Å²) in [5.74, 6) is 0. The summed E-state index contributed by atoms with van der Waals surface area (Å²) in [5, 5.41) is 0. The van der Waals surface area contributed by atoms with Crippen LogP contribution in [0.2, 0.25) is 0 Å². The van der Waals surface area contributed by atoms with Gasteiger partial charge in [0.15, 0.2) is 0 Å². The first-order chi connectivity index (χ1) is 4.83. The van der Waals surface area contributed by atoms with E-state index in [2.05, 4.69) is 27.7 Å². The van der Waals surface area contributed by atoms with Crippen molar-refractivity contribution in [1.29, 1.82) is 0 Å². The molecule has 0 aliphatic carbocycles. The second-order valence-electron chi connectivity index (χ2n) is 2.41. The van der Waals surface area contributed by atoms with E-state index >= 15 is 0 Å². The summed E-state index contributed by atoms with van der Waals surface area (Å²) in [6, 6.07) is 0.